The number of thiophene rings is 1. The zero-order chi connectivity index (χ0) is 18.8. The molecule has 0 aliphatic heterocycles. The number of halogens is 2. The minimum atomic E-state index is -0.404. The van der Waals surface area contributed by atoms with Crippen LogP contribution in [-0.2, 0) is 11.2 Å². The van der Waals surface area contributed by atoms with Gasteiger partial charge in [-0.15, -0.1) is 11.3 Å². The van der Waals surface area contributed by atoms with Crippen molar-refractivity contribution in [1.29, 1.82) is 0 Å². The Morgan fingerprint density at radius 3 is 2.88 bits per heavy atom. The molecule has 0 fully saturated rings. The summed E-state index contributed by atoms with van der Waals surface area (Å²) in [6, 6.07) is 4.95. The number of nitrogens with zero attached hydrogens (tertiary/aromatic N) is 2. The molecule has 0 spiro atoms. The maximum atomic E-state index is 12.2. The summed E-state index contributed by atoms with van der Waals surface area (Å²) in [6.45, 7) is 3.82. The molecular formula is C17H14Cl2N4O2S. The second-order valence-corrected chi connectivity index (χ2v) is 7.66. The van der Waals surface area contributed by atoms with Gasteiger partial charge in [0.05, 0.1) is 23.0 Å². The van der Waals surface area contributed by atoms with Gasteiger partial charge < -0.3 is 4.98 Å². The van der Waals surface area contributed by atoms with Gasteiger partial charge in [0.15, 0.2) is 0 Å². The van der Waals surface area contributed by atoms with E-state index in [0.29, 0.717) is 31.6 Å². The van der Waals surface area contributed by atoms with Crippen LogP contribution in [0.4, 0.5) is 0 Å². The van der Waals surface area contributed by atoms with E-state index >= 15 is 0 Å². The number of aromatic nitrogens is 2. The van der Waals surface area contributed by atoms with Crippen LogP contribution in [-0.4, -0.2) is 22.1 Å². The van der Waals surface area contributed by atoms with Gasteiger partial charge in [-0.3, -0.25) is 9.59 Å². The first kappa shape index (κ1) is 18.6. The highest BCUT2D eigenvalue weighted by atomic mass is 35.5. The number of nitrogens with one attached hydrogen (secondary N) is 2. The van der Waals surface area contributed by atoms with Crippen molar-refractivity contribution in [2.24, 2.45) is 5.10 Å². The highest BCUT2D eigenvalue weighted by Crippen LogP contribution is 2.25. The molecule has 134 valence electrons. The lowest BCUT2D eigenvalue weighted by Gasteiger charge is -2.01. The fourth-order valence-electron chi connectivity index (χ4n) is 2.35. The van der Waals surface area contributed by atoms with Gasteiger partial charge in [-0.2, -0.15) is 5.10 Å². The Bertz CT molecular complexity index is 1090. The van der Waals surface area contributed by atoms with E-state index in [-0.39, 0.29) is 12.0 Å². The van der Waals surface area contributed by atoms with E-state index in [9.17, 15) is 9.59 Å². The van der Waals surface area contributed by atoms with E-state index < -0.39 is 5.91 Å². The van der Waals surface area contributed by atoms with Gasteiger partial charge in [0.25, 0.3) is 5.56 Å². The predicted molar refractivity (Wildman–Crippen MR) is 106 cm³/mol. The maximum absolute atomic E-state index is 12.2. The summed E-state index contributed by atoms with van der Waals surface area (Å²) in [4.78, 5) is 32.9. The van der Waals surface area contributed by atoms with Crippen molar-refractivity contribution in [2.45, 2.75) is 20.3 Å². The van der Waals surface area contributed by atoms with Crippen molar-refractivity contribution in [2.75, 3.05) is 0 Å². The second kappa shape index (κ2) is 7.57. The monoisotopic (exact) mass is 408 g/mol. The minimum Gasteiger partial charge on any atom is -0.309 e. The third-order valence-electron chi connectivity index (χ3n) is 3.77. The molecule has 3 aromatic rings. The molecule has 0 aliphatic rings. The van der Waals surface area contributed by atoms with Crippen LogP contribution >= 0.6 is 34.5 Å². The number of hydrogen-bond donors (Lipinski definition) is 2. The first-order chi connectivity index (χ1) is 12.3. The molecule has 2 aromatic heterocycles. The van der Waals surface area contributed by atoms with Gasteiger partial charge in [0.1, 0.15) is 10.7 Å². The fourth-order valence-corrected chi connectivity index (χ4v) is 3.86. The van der Waals surface area contributed by atoms with Crippen LogP contribution in [0, 0.1) is 13.8 Å². The summed E-state index contributed by atoms with van der Waals surface area (Å²) in [7, 11) is 0. The first-order valence-corrected chi connectivity index (χ1v) is 9.18. The Morgan fingerprint density at radius 2 is 2.15 bits per heavy atom. The Labute approximate surface area is 162 Å². The average molecular weight is 409 g/mol. The Kier molecular flexibility index (Phi) is 5.41. The summed E-state index contributed by atoms with van der Waals surface area (Å²) in [5, 5.41) is 5.38. The highest BCUT2D eigenvalue weighted by molar-refractivity contribution is 7.18. The summed E-state index contributed by atoms with van der Waals surface area (Å²) in [5.74, 6) is -0.111. The normalized spacial score (nSPS) is 11.4. The van der Waals surface area contributed by atoms with Crippen molar-refractivity contribution < 1.29 is 4.79 Å². The van der Waals surface area contributed by atoms with Crippen molar-refractivity contribution in [3.05, 3.63) is 60.4 Å². The highest BCUT2D eigenvalue weighted by Gasteiger charge is 2.13. The zero-order valence-electron chi connectivity index (χ0n) is 13.9. The third-order valence-corrected chi connectivity index (χ3v) is 5.44. The number of benzene rings is 1. The van der Waals surface area contributed by atoms with Crippen molar-refractivity contribution in [3.63, 3.8) is 0 Å². The van der Waals surface area contributed by atoms with E-state index in [2.05, 4.69) is 20.5 Å². The van der Waals surface area contributed by atoms with Crippen LogP contribution in [0.5, 0.6) is 0 Å². The average Bonchev–Trinajstić information content (AvgIpc) is 2.84. The van der Waals surface area contributed by atoms with E-state index in [4.69, 9.17) is 23.2 Å². The second-order valence-electron chi connectivity index (χ2n) is 5.61. The summed E-state index contributed by atoms with van der Waals surface area (Å²) in [6.07, 6.45) is 1.33. The SMILES string of the molecule is Cc1sc2nc(CC(=O)N/N=C\c3ccc(Cl)cc3Cl)[nH]c(=O)c2c1C. The number of carbonyl (C=O) groups is 1. The number of amides is 1. The molecule has 6 nitrogen and oxygen atoms in total. The summed E-state index contributed by atoms with van der Waals surface area (Å²) in [5.41, 5.74) is 3.68. The summed E-state index contributed by atoms with van der Waals surface area (Å²) >= 11 is 13.3. The fraction of sp³-hybridized carbons (Fsp3) is 0.176. The molecule has 0 aliphatic carbocycles. The van der Waals surface area contributed by atoms with Crippen LogP contribution < -0.4 is 11.0 Å². The quantitative estimate of drug-likeness (QED) is 0.510. The number of H-pyrrole nitrogens is 1. The number of fused-ring (bicyclic) bond motifs is 1. The van der Waals surface area contributed by atoms with Gasteiger partial charge >= 0.3 is 0 Å². The molecule has 1 aromatic carbocycles. The standard InChI is InChI=1S/C17H14Cl2N4O2S/c1-8-9(2)26-17-15(8)16(25)21-13(22-17)6-14(24)23-20-7-10-3-4-11(18)5-12(10)19/h3-5,7H,6H2,1-2H3,(H,23,24)(H,21,22,25)/b20-7-. The number of aromatic amines is 1. The molecule has 0 unspecified atom stereocenters. The lowest BCUT2D eigenvalue weighted by Crippen LogP contribution is -2.23. The van der Waals surface area contributed by atoms with Crippen molar-refractivity contribution in [3.8, 4) is 0 Å². The topological polar surface area (TPSA) is 87.2 Å². The lowest BCUT2D eigenvalue weighted by molar-refractivity contribution is -0.120. The Hall–Kier alpha value is -2.22. The Morgan fingerprint density at radius 1 is 1.38 bits per heavy atom. The molecule has 9 heteroatoms. The number of carbonyl (C=O) groups excluding carboxylic acids is 1. The number of rotatable bonds is 4. The molecule has 0 saturated heterocycles. The smallest absolute Gasteiger partial charge is 0.259 e. The summed E-state index contributed by atoms with van der Waals surface area (Å²) < 4.78 is 0. The molecule has 0 radical (unpaired) electrons. The van der Waals surface area contributed by atoms with Crippen LogP contribution in [0.15, 0.2) is 28.1 Å². The van der Waals surface area contributed by atoms with E-state index in [1.165, 1.54) is 17.6 Å². The van der Waals surface area contributed by atoms with Crippen molar-refractivity contribution in [1.82, 2.24) is 15.4 Å². The van der Waals surface area contributed by atoms with E-state index in [1.54, 1.807) is 18.2 Å². The number of hydrazone groups is 1. The zero-order valence-corrected chi connectivity index (χ0v) is 16.2. The Balaban J connectivity index is 1.71. The molecule has 0 atom stereocenters. The van der Waals surface area contributed by atoms with Crippen LogP contribution in [0.3, 0.4) is 0 Å². The van der Waals surface area contributed by atoms with Crippen molar-refractivity contribution >= 4 is 56.9 Å². The van der Waals surface area contributed by atoms with Crippen LogP contribution in [0.1, 0.15) is 21.8 Å². The molecule has 2 heterocycles. The predicted octanol–water partition coefficient (Wildman–Crippen LogP) is 3.60. The minimum absolute atomic E-state index is 0.0904. The molecule has 26 heavy (non-hydrogen) atoms. The van der Waals surface area contributed by atoms with E-state index in [1.807, 2.05) is 13.8 Å². The van der Waals surface area contributed by atoms with Gasteiger partial charge in [-0.05, 0) is 31.5 Å². The molecule has 0 bridgehead atoms. The maximum Gasteiger partial charge on any atom is 0.259 e. The number of aryl methyl sites for hydroxylation is 2. The molecular weight excluding hydrogens is 395 g/mol. The molecule has 1 amide bonds. The van der Waals surface area contributed by atoms with Gasteiger partial charge in [-0.25, -0.2) is 10.4 Å². The largest absolute Gasteiger partial charge is 0.309 e. The number of hydrogen-bond acceptors (Lipinski definition) is 5. The van der Waals surface area contributed by atoms with Gasteiger partial charge in [-0.1, -0.05) is 29.3 Å². The molecule has 0 saturated carbocycles. The van der Waals surface area contributed by atoms with Gasteiger partial charge in [0, 0.05) is 15.5 Å². The molecule has 3 rings (SSSR count). The van der Waals surface area contributed by atoms with Gasteiger partial charge in [0.2, 0.25) is 5.91 Å². The van der Waals surface area contributed by atoms with E-state index in [0.717, 1.165) is 10.4 Å². The first-order valence-electron chi connectivity index (χ1n) is 7.61. The van der Waals surface area contributed by atoms with Crippen LogP contribution in [0.25, 0.3) is 10.2 Å². The lowest BCUT2D eigenvalue weighted by atomic mass is 10.2. The third kappa shape index (κ3) is 3.95. The van der Waals surface area contributed by atoms with Crippen LogP contribution in [0.2, 0.25) is 10.0 Å². The molecule has 2 N–H and O–H groups in total.